The first-order valence-corrected chi connectivity index (χ1v) is 4.37. The standard InChI is InChI=1S/C4H7O6P.Li/c1-8-11(6,7)3-2-9-4(5)10-3;/h3H,2H2,1H3,(H,6,7);/q;+1/p-1. The molecule has 1 aliphatic heterocycles. The molecule has 64 valence electrons. The van der Waals surface area contributed by atoms with Gasteiger partial charge in [-0.2, -0.15) is 0 Å². The van der Waals surface area contributed by atoms with Crippen molar-refractivity contribution in [1.82, 2.24) is 0 Å². The summed E-state index contributed by atoms with van der Waals surface area (Å²) >= 11 is 0. The van der Waals surface area contributed by atoms with Crippen LogP contribution in [0.3, 0.4) is 0 Å². The molecule has 0 aromatic rings. The van der Waals surface area contributed by atoms with Gasteiger partial charge in [0.05, 0.1) is 0 Å². The smallest absolute Gasteiger partial charge is 0.776 e. The van der Waals surface area contributed by atoms with Gasteiger partial charge in [0.1, 0.15) is 6.61 Å². The molecule has 0 aromatic heterocycles. The molecule has 1 aliphatic rings. The van der Waals surface area contributed by atoms with Gasteiger partial charge in [0.15, 0.2) is 7.60 Å². The van der Waals surface area contributed by atoms with E-state index < -0.39 is 19.6 Å². The molecule has 1 fully saturated rings. The molecule has 1 heterocycles. The minimum atomic E-state index is -4.08. The number of carbonyl (C=O) groups is 1. The molecule has 0 N–H and O–H groups in total. The average molecular weight is 188 g/mol. The van der Waals surface area contributed by atoms with E-state index in [9.17, 15) is 14.3 Å². The van der Waals surface area contributed by atoms with Crippen LogP contribution < -0.4 is 23.8 Å². The van der Waals surface area contributed by atoms with Crippen LogP contribution in [0.25, 0.3) is 0 Å². The Morgan fingerprint density at radius 3 is 2.67 bits per heavy atom. The number of hydrogen-bond donors (Lipinski definition) is 0. The van der Waals surface area contributed by atoms with Crippen molar-refractivity contribution in [2.45, 2.75) is 5.85 Å². The van der Waals surface area contributed by atoms with Gasteiger partial charge in [-0.25, -0.2) is 4.79 Å². The molecule has 0 bridgehead atoms. The monoisotopic (exact) mass is 188 g/mol. The van der Waals surface area contributed by atoms with Crippen molar-refractivity contribution in [1.29, 1.82) is 0 Å². The van der Waals surface area contributed by atoms with E-state index in [1.807, 2.05) is 0 Å². The van der Waals surface area contributed by atoms with E-state index in [4.69, 9.17) is 0 Å². The Hall–Kier alpha value is 0.0174. The van der Waals surface area contributed by atoms with Gasteiger partial charge in [-0.3, -0.25) is 0 Å². The molecule has 0 amide bonds. The summed E-state index contributed by atoms with van der Waals surface area (Å²) in [6.07, 6.45) is -0.983. The summed E-state index contributed by atoms with van der Waals surface area (Å²) in [5.74, 6) is -1.29. The summed E-state index contributed by atoms with van der Waals surface area (Å²) in [5, 5.41) is 0. The molecule has 12 heavy (non-hydrogen) atoms. The van der Waals surface area contributed by atoms with Crippen molar-refractivity contribution < 1.29 is 47.1 Å². The predicted molar refractivity (Wildman–Crippen MR) is 30.8 cm³/mol. The van der Waals surface area contributed by atoms with Crippen molar-refractivity contribution in [3.05, 3.63) is 0 Å². The van der Waals surface area contributed by atoms with Crippen LogP contribution in [0.2, 0.25) is 0 Å². The van der Waals surface area contributed by atoms with E-state index in [0.717, 1.165) is 7.11 Å². The number of rotatable bonds is 2. The van der Waals surface area contributed by atoms with Crippen molar-refractivity contribution in [3.8, 4) is 0 Å². The quantitative estimate of drug-likeness (QED) is 0.256. The minimum Gasteiger partial charge on any atom is -0.776 e. The second-order valence-electron chi connectivity index (χ2n) is 1.86. The third-order valence-corrected chi connectivity index (χ3v) is 2.65. The average Bonchev–Trinajstić information content (AvgIpc) is 2.36. The summed E-state index contributed by atoms with van der Waals surface area (Å²) in [4.78, 5) is 21.1. The fourth-order valence-corrected chi connectivity index (χ4v) is 1.30. The normalized spacial score (nSPS) is 26.5. The maximum absolute atomic E-state index is 10.8. The summed E-state index contributed by atoms with van der Waals surface area (Å²) in [6.45, 7) is -0.298. The van der Waals surface area contributed by atoms with E-state index >= 15 is 0 Å². The maximum Gasteiger partial charge on any atom is 1.00 e. The molecule has 0 saturated carbocycles. The molecular weight excluding hydrogens is 182 g/mol. The SMILES string of the molecule is COP(=O)([O-])C1COC(=O)O1.[Li+]. The summed E-state index contributed by atoms with van der Waals surface area (Å²) in [6, 6.07) is 0. The molecule has 8 heteroatoms. The first kappa shape index (κ1) is 12.0. The Labute approximate surface area is 80.9 Å². The van der Waals surface area contributed by atoms with Crippen LogP contribution in [0, 0.1) is 0 Å². The molecule has 1 rings (SSSR count). The molecule has 2 unspecified atom stereocenters. The number of hydrogen-bond acceptors (Lipinski definition) is 6. The molecular formula is C4H6LiO6P. The fourth-order valence-electron chi connectivity index (χ4n) is 0.592. The van der Waals surface area contributed by atoms with Crippen molar-refractivity contribution >= 4 is 13.8 Å². The van der Waals surface area contributed by atoms with Gasteiger partial charge in [-0.15, -0.1) is 0 Å². The van der Waals surface area contributed by atoms with E-state index in [1.54, 1.807) is 0 Å². The van der Waals surface area contributed by atoms with E-state index in [0.29, 0.717) is 0 Å². The van der Waals surface area contributed by atoms with Crippen LogP contribution in [-0.4, -0.2) is 25.7 Å². The largest absolute Gasteiger partial charge is 1.00 e. The number of carbonyl (C=O) groups excluding carboxylic acids is 1. The van der Waals surface area contributed by atoms with Crippen LogP contribution in [0.4, 0.5) is 4.79 Å². The molecule has 1 saturated heterocycles. The maximum atomic E-state index is 10.8. The van der Waals surface area contributed by atoms with Crippen LogP contribution in [0.15, 0.2) is 0 Å². The van der Waals surface area contributed by atoms with E-state index in [1.165, 1.54) is 0 Å². The van der Waals surface area contributed by atoms with E-state index in [2.05, 4.69) is 14.0 Å². The summed E-state index contributed by atoms with van der Waals surface area (Å²) < 4.78 is 23.4. The van der Waals surface area contributed by atoms with Gasteiger partial charge >= 0.3 is 25.0 Å². The van der Waals surface area contributed by atoms with Gasteiger partial charge in [0.2, 0.25) is 5.85 Å². The first-order valence-electron chi connectivity index (χ1n) is 2.76. The summed E-state index contributed by atoms with van der Waals surface area (Å²) in [5.41, 5.74) is 0. The molecule has 0 spiro atoms. The molecule has 0 radical (unpaired) electrons. The third kappa shape index (κ3) is 2.51. The van der Waals surface area contributed by atoms with Crippen LogP contribution in [0.5, 0.6) is 0 Å². The first-order chi connectivity index (χ1) is 5.06. The van der Waals surface area contributed by atoms with Crippen molar-refractivity contribution in [2.75, 3.05) is 13.7 Å². The minimum absolute atomic E-state index is 0. The molecule has 0 aliphatic carbocycles. The molecule has 0 aromatic carbocycles. The third-order valence-electron chi connectivity index (χ3n) is 1.18. The molecule has 2 atom stereocenters. The topological polar surface area (TPSA) is 84.9 Å². The van der Waals surface area contributed by atoms with Gasteiger partial charge in [0, 0.05) is 7.11 Å². The number of ether oxygens (including phenoxy) is 2. The van der Waals surface area contributed by atoms with Gasteiger partial charge < -0.3 is 23.5 Å². The van der Waals surface area contributed by atoms with Gasteiger partial charge in [0.25, 0.3) is 0 Å². The Balaban J connectivity index is 0.00000121. The second-order valence-corrected chi connectivity index (χ2v) is 3.88. The van der Waals surface area contributed by atoms with Crippen LogP contribution >= 0.6 is 7.60 Å². The zero-order valence-electron chi connectivity index (χ0n) is 6.68. The van der Waals surface area contributed by atoms with Crippen LogP contribution in [-0.2, 0) is 18.6 Å². The second kappa shape index (κ2) is 4.31. The zero-order chi connectivity index (χ0) is 8.48. The summed E-state index contributed by atoms with van der Waals surface area (Å²) in [7, 11) is -3.08. The Bertz CT molecular complexity index is 218. The van der Waals surface area contributed by atoms with Gasteiger partial charge in [-0.05, 0) is 0 Å². The Morgan fingerprint density at radius 2 is 2.33 bits per heavy atom. The van der Waals surface area contributed by atoms with Gasteiger partial charge in [-0.1, -0.05) is 0 Å². The zero-order valence-corrected chi connectivity index (χ0v) is 7.58. The van der Waals surface area contributed by atoms with Crippen molar-refractivity contribution in [2.24, 2.45) is 0 Å². The molecule has 6 nitrogen and oxygen atoms in total. The van der Waals surface area contributed by atoms with E-state index in [-0.39, 0.29) is 25.5 Å². The fraction of sp³-hybridized carbons (Fsp3) is 0.750. The predicted octanol–water partition coefficient (Wildman–Crippen LogP) is -3.32. The Kier molecular flexibility index (Phi) is 4.32. The Morgan fingerprint density at radius 1 is 1.75 bits per heavy atom. The van der Waals surface area contributed by atoms with Crippen LogP contribution in [0.1, 0.15) is 0 Å². The number of cyclic esters (lactones) is 2. The van der Waals surface area contributed by atoms with Crippen molar-refractivity contribution in [3.63, 3.8) is 0 Å².